The Labute approximate surface area is 118 Å². The Morgan fingerprint density at radius 1 is 1.37 bits per heavy atom. The van der Waals surface area contributed by atoms with Crippen molar-refractivity contribution in [2.75, 3.05) is 13.2 Å². The summed E-state index contributed by atoms with van der Waals surface area (Å²) in [6.45, 7) is 2.91. The first kappa shape index (κ1) is 16.0. The SMILES string of the molecule is Cc1ccc(CCC(=O)NC(C)(CO)CO)cc1Cl. The highest BCUT2D eigenvalue weighted by atomic mass is 35.5. The van der Waals surface area contributed by atoms with Crippen molar-refractivity contribution in [1.29, 1.82) is 0 Å². The minimum absolute atomic E-state index is 0.206. The molecule has 0 aliphatic carbocycles. The number of hydrogen-bond donors (Lipinski definition) is 3. The monoisotopic (exact) mass is 285 g/mol. The van der Waals surface area contributed by atoms with Gasteiger partial charge in [-0.2, -0.15) is 0 Å². The Kier molecular flexibility index (Phi) is 5.79. The van der Waals surface area contributed by atoms with Crippen molar-refractivity contribution in [1.82, 2.24) is 5.32 Å². The van der Waals surface area contributed by atoms with Crippen molar-refractivity contribution in [3.63, 3.8) is 0 Å². The second-order valence-electron chi connectivity index (χ2n) is 5.01. The van der Waals surface area contributed by atoms with Gasteiger partial charge in [-0.15, -0.1) is 0 Å². The van der Waals surface area contributed by atoms with Crippen LogP contribution in [0.15, 0.2) is 18.2 Å². The summed E-state index contributed by atoms with van der Waals surface area (Å²) in [6, 6.07) is 5.70. The van der Waals surface area contributed by atoms with E-state index in [2.05, 4.69) is 5.32 Å². The van der Waals surface area contributed by atoms with E-state index in [-0.39, 0.29) is 25.5 Å². The maximum Gasteiger partial charge on any atom is 0.220 e. The van der Waals surface area contributed by atoms with Gasteiger partial charge >= 0.3 is 0 Å². The molecule has 1 aromatic rings. The van der Waals surface area contributed by atoms with Gasteiger partial charge in [0, 0.05) is 11.4 Å². The van der Waals surface area contributed by atoms with Crippen LogP contribution in [0.2, 0.25) is 5.02 Å². The lowest BCUT2D eigenvalue weighted by Gasteiger charge is -2.26. The van der Waals surface area contributed by atoms with Crippen LogP contribution >= 0.6 is 11.6 Å². The van der Waals surface area contributed by atoms with E-state index in [4.69, 9.17) is 21.8 Å². The lowest BCUT2D eigenvalue weighted by atomic mass is 10.0. The molecule has 4 nitrogen and oxygen atoms in total. The number of benzene rings is 1. The normalized spacial score (nSPS) is 11.4. The fourth-order valence-electron chi connectivity index (χ4n) is 1.58. The highest BCUT2D eigenvalue weighted by Gasteiger charge is 2.24. The van der Waals surface area contributed by atoms with Crippen LogP contribution in [0.1, 0.15) is 24.5 Å². The lowest BCUT2D eigenvalue weighted by Crippen LogP contribution is -2.51. The Bertz CT molecular complexity index is 444. The first-order chi connectivity index (χ1) is 8.90. The summed E-state index contributed by atoms with van der Waals surface area (Å²) in [5, 5.41) is 21.5. The molecule has 3 N–H and O–H groups in total. The lowest BCUT2D eigenvalue weighted by molar-refractivity contribution is -0.124. The summed E-state index contributed by atoms with van der Waals surface area (Å²) < 4.78 is 0. The van der Waals surface area contributed by atoms with Gasteiger partial charge in [0.1, 0.15) is 0 Å². The van der Waals surface area contributed by atoms with E-state index in [9.17, 15) is 4.79 Å². The molecule has 0 saturated carbocycles. The number of aryl methyl sites for hydroxylation is 2. The standard InChI is InChI=1S/C14H20ClNO3/c1-10-3-4-11(7-12(10)15)5-6-13(19)16-14(2,8-17)9-18/h3-4,7,17-18H,5-6,8-9H2,1-2H3,(H,16,19). The summed E-state index contributed by atoms with van der Waals surface area (Å²) in [5.74, 6) is -0.206. The third-order valence-electron chi connectivity index (χ3n) is 3.02. The molecular weight excluding hydrogens is 266 g/mol. The summed E-state index contributed by atoms with van der Waals surface area (Å²) >= 11 is 6.01. The van der Waals surface area contributed by atoms with Crippen LogP contribution in [0, 0.1) is 6.92 Å². The molecule has 0 unspecified atom stereocenters. The third-order valence-corrected chi connectivity index (χ3v) is 3.42. The van der Waals surface area contributed by atoms with Crippen molar-refractivity contribution < 1.29 is 15.0 Å². The maximum absolute atomic E-state index is 11.7. The third kappa shape index (κ3) is 4.82. The molecule has 0 aromatic heterocycles. The van der Waals surface area contributed by atoms with Crippen LogP contribution in [0.25, 0.3) is 0 Å². The van der Waals surface area contributed by atoms with E-state index >= 15 is 0 Å². The number of hydrogen-bond acceptors (Lipinski definition) is 3. The zero-order valence-corrected chi connectivity index (χ0v) is 12.0. The molecular formula is C14H20ClNO3. The zero-order chi connectivity index (χ0) is 14.5. The first-order valence-corrected chi connectivity index (χ1v) is 6.56. The largest absolute Gasteiger partial charge is 0.394 e. The van der Waals surface area contributed by atoms with Gasteiger partial charge in [0.05, 0.1) is 18.8 Å². The van der Waals surface area contributed by atoms with Crippen molar-refractivity contribution in [2.24, 2.45) is 0 Å². The van der Waals surface area contributed by atoms with Crippen molar-refractivity contribution in [3.8, 4) is 0 Å². The average molecular weight is 286 g/mol. The fraction of sp³-hybridized carbons (Fsp3) is 0.500. The van der Waals surface area contributed by atoms with E-state index in [1.807, 2.05) is 25.1 Å². The highest BCUT2D eigenvalue weighted by molar-refractivity contribution is 6.31. The van der Waals surface area contributed by atoms with E-state index in [0.717, 1.165) is 11.1 Å². The Hall–Kier alpha value is -1.10. The number of amides is 1. The van der Waals surface area contributed by atoms with Crippen LogP contribution in [0.3, 0.4) is 0 Å². The molecule has 0 aliphatic rings. The van der Waals surface area contributed by atoms with Crippen LogP contribution in [0.4, 0.5) is 0 Å². The van der Waals surface area contributed by atoms with Gasteiger partial charge in [0.2, 0.25) is 5.91 Å². The molecule has 1 aromatic carbocycles. The molecule has 0 heterocycles. The number of aliphatic hydroxyl groups excluding tert-OH is 2. The summed E-state index contributed by atoms with van der Waals surface area (Å²) in [4.78, 5) is 11.7. The number of carbonyl (C=O) groups excluding carboxylic acids is 1. The fourth-order valence-corrected chi connectivity index (χ4v) is 1.78. The van der Waals surface area contributed by atoms with Crippen molar-refractivity contribution in [3.05, 3.63) is 34.3 Å². The summed E-state index contributed by atoms with van der Waals surface area (Å²) in [6.07, 6.45) is 0.855. The van der Waals surface area contributed by atoms with Gasteiger partial charge in [0.25, 0.3) is 0 Å². The van der Waals surface area contributed by atoms with Gasteiger partial charge < -0.3 is 15.5 Å². The van der Waals surface area contributed by atoms with Gasteiger partial charge in [-0.3, -0.25) is 4.79 Å². The minimum Gasteiger partial charge on any atom is -0.394 e. The number of halogens is 1. The Morgan fingerprint density at radius 3 is 2.53 bits per heavy atom. The number of nitrogens with one attached hydrogen (secondary N) is 1. The van der Waals surface area contributed by atoms with Crippen molar-refractivity contribution >= 4 is 17.5 Å². The highest BCUT2D eigenvalue weighted by Crippen LogP contribution is 2.17. The summed E-state index contributed by atoms with van der Waals surface area (Å²) in [7, 11) is 0. The van der Waals surface area contributed by atoms with Crippen LogP contribution in [-0.4, -0.2) is 34.9 Å². The minimum atomic E-state index is -0.970. The predicted molar refractivity (Wildman–Crippen MR) is 75.2 cm³/mol. The molecule has 106 valence electrons. The van der Waals surface area contributed by atoms with E-state index in [0.29, 0.717) is 11.4 Å². The van der Waals surface area contributed by atoms with E-state index < -0.39 is 5.54 Å². The topological polar surface area (TPSA) is 69.6 Å². The smallest absolute Gasteiger partial charge is 0.220 e. The van der Waals surface area contributed by atoms with Gasteiger partial charge in [0.15, 0.2) is 0 Å². The van der Waals surface area contributed by atoms with Gasteiger partial charge in [-0.1, -0.05) is 23.7 Å². The van der Waals surface area contributed by atoms with Crippen LogP contribution in [-0.2, 0) is 11.2 Å². The van der Waals surface area contributed by atoms with Gasteiger partial charge in [-0.05, 0) is 37.5 Å². The predicted octanol–water partition coefficient (Wildman–Crippen LogP) is 1.44. The molecule has 0 bridgehead atoms. The maximum atomic E-state index is 11.7. The molecule has 0 aliphatic heterocycles. The van der Waals surface area contributed by atoms with Gasteiger partial charge in [-0.25, -0.2) is 0 Å². The molecule has 0 spiro atoms. The summed E-state index contributed by atoms with van der Waals surface area (Å²) in [5.41, 5.74) is 1.02. The molecule has 0 atom stereocenters. The second-order valence-corrected chi connectivity index (χ2v) is 5.42. The molecule has 0 radical (unpaired) electrons. The van der Waals surface area contributed by atoms with Crippen LogP contribution in [0.5, 0.6) is 0 Å². The van der Waals surface area contributed by atoms with Crippen molar-refractivity contribution in [2.45, 2.75) is 32.2 Å². The Morgan fingerprint density at radius 2 is 2.00 bits per heavy atom. The first-order valence-electron chi connectivity index (χ1n) is 6.18. The number of rotatable bonds is 6. The van der Waals surface area contributed by atoms with E-state index in [1.54, 1.807) is 6.92 Å². The quantitative estimate of drug-likeness (QED) is 0.741. The average Bonchev–Trinajstić information content (AvgIpc) is 2.40. The molecule has 19 heavy (non-hydrogen) atoms. The zero-order valence-electron chi connectivity index (χ0n) is 11.2. The second kappa shape index (κ2) is 6.89. The number of carbonyl (C=O) groups is 1. The molecule has 0 fully saturated rings. The Balaban J connectivity index is 2.52. The van der Waals surface area contributed by atoms with Crippen LogP contribution < -0.4 is 5.32 Å². The molecule has 5 heteroatoms. The molecule has 0 saturated heterocycles. The van der Waals surface area contributed by atoms with E-state index in [1.165, 1.54) is 0 Å². The number of aliphatic hydroxyl groups is 2. The molecule has 1 amide bonds. The molecule has 1 rings (SSSR count).